The number of methoxy groups -OCH3 is 1. The second-order valence-corrected chi connectivity index (χ2v) is 7.16. The van der Waals surface area contributed by atoms with Gasteiger partial charge in [0, 0.05) is 19.7 Å². The largest absolute Gasteiger partial charge is 0.493 e. The smallest absolute Gasteiger partial charge is 0.246 e. The van der Waals surface area contributed by atoms with Crippen LogP contribution in [0, 0.1) is 19.7 Å². The molecule has 0 saturated carbocycles. The molecule has 3 aromatic rings. The van der Waals surface area contributed by atoms with E-state index >= 15 is 0 Å². The summed E-state index contributed by atoms with van der Waals surface area (Å²) < 4.78 is 29.5. The first-order valence-corrected chi connectivity index (χ1v) is 9.77. The molecule has 0 saturated heterocycles. The maximum absolute atomic E-state index is 13.0. The second-order valence-electron chi connectivity index (χ2n) is 7.16. The van der Waals surface area contributed by atoms with Crippen molar-refractivity contribution < 1.29 is 23.2 Å². The molecule has 31 heavy (non-hydrogen) atoms. The fourth-order valence-corrected chi connectivity index (χ4v) is 3.00. The molecule has 0 spiro atoms. The van der Waals surface area contributed by atoms with Gasteiger partial charge in [-0.25, -0.2) is 4.39 Å². The van der Waals surface area contributed by atoms with Crippen molar-refractivity contribution in [3.63, 3.8) is 0 Å². The summed E-state index contributed by atoms with van der Waals surface area (Å²) in [6.07, 6.45) is 3.20. The number of aromatic nitrogens is 1. The van der Waals surface area contributed by atoms with E-state index in [2.05, 4.69) is 5.16 Å². The highest BCUT2D eigenvalue weighted by Gasteiger charge is 2.12. The predicted molar refractivity (Wildman–Crippen MR) is 115 cm³/mol. The molecule has 3 rings (SSSR count). The van der Waals surface area contributed by atoms with Crippen LogP contribution in [-0.2, 0) is 17.9 Å². The second kappa shape index (κ2) is 9.93. The first kappa shape index (κ1) is 22.1. The maximum atomic E-state index is 13.0. The van der Waals surface area contributed by atoms with E-state index in [1.54, 1.807) is 49.4 Å². The van der Waals surface area contributed by atoms with E-state index in [0.717, 1.165) is 28.1 Å². The molecule has 2 aromatic carbocycles. The summed E-state index contributed by atoms with van der Waals surface area (Å²) in [6, 6.07) is 11.5. The maximum Gasteiger partial charge on any atom is 0.246 e. The minimum Gasteiger partial charge on any atom is -0.493 e. The molecule has 162 valence electrons. The van der Waals surface area contributed by atoms with E-state index in [4.69, 9.17) is 14.0 Å². The Hall–Kier alpha value is -3.61. The number of carbonyl (C=O) groups is 1. The minimum atomic E-state index is -0.300. The number of benzene rings is 2. The topological polar surface area (TPSA) is 64.8 Å². The van der Waals surface area contributed by atoms with Gasteiger partial charge in [-0.3, -0.25) is 4.79 Å². The van der Waals surface area contributed by atoms with E-state index < -0.39 is 0 Å². The van der Waals surface area contributed by atoms with Gasteiger partial charge in [-0.2, -0.15) is 0 Å². The van der Waals surface area contributed by atoms with Crippen LogP contribution < -0.4 is 9.47 Å². The number of hydrogen-bond donors (Lipinski definition) is 0. The lowest BCUT2D eigenvalue weighted by atomic mass is 10.1. The van der Waals surface area contributed by atoms with Gasteiger partial charge >= 0.3 is 0 Å². The number of aryl methyl sites for hydroxylation is 2. The number of ether oxygens (including phenoxy) is 2. The summed E-state index contributed by atoms with van der Waals surface area (Å²) in [5, 5.41) is 3.92. The lowest BCUT2D eigenvalue weighted by molar-refractivity contribution is -0.125. The third kappa shape index (κ3) is 5.72. The van der Waals surface area contributed by atoms with Crippen molar-refractivity contribution >= 4 is 12.0 Å². The van der Waals surface area contributed by atoms with Gasteiger partial charge in [0.25, 0.3) is 0 Å². The fraction of sp³-hybridized carbons (Fsp3) is 0.250. The number of halogens is 1. The molecule has 1 heterocycles. The Kier molecular flexibility index (Phi) is 7.07. The number of amides is 1. The van der Waals surface area contributed by atoms with E-state index in [9.17, 15) is 9.18 Å². The van der Waals surface area contributed by atoms with Crippen LogP contribution in [0.25, 0.3) is 6.08 Å². The van der Waals surface area contributed by atoms with Crippen LogP contribution in [0.15, 0.2) is 53.1 Å². The van der Waals surface area contributed by atoms with Crippen LogP contribution in [0.5, 0.6) is 11.5 Å². The van der Waals surface area contributed by atoms with Crippen molar-refractivity contribution in [3.8, 4) is 11.5 Å². The summed E-state index contributed by atoms with van der Waals surface area (Å²) >= 11 is 0. The molecule has 6 nitrogen and oxygen atoms in total. The predicted octanol–water partition coefficient (Wildman–Crippen LogP) is 4.69. The Morgan fingerprint density at radius 1 is 1.16 bits per heavy atom. The highest BCUT2D eigenvalue weighted by molar-refractivity contribution is 5.91. The first-order chi connectivity index (χ1) is 14.9. The Bertz CT molecular complexity index is 1050. The van der Waals surface area contributed by atoms with Gasteiger partial charge in [0.05, 0.1) is 18.4 Å². The van der Waals surface area contributed by atoms with E-state index in [-0.39, 0.29) is 11.7 Å². The Morgan fingerprint density at radius 2 is 1.90 bits per heavy atom. The van der Waals surface area contributed by atoms with Crippen molar-refractivity contribution in [1.29, 1.82) is 0 Å². The van der Waals surface area contributed by atoms with Gasteiger partial charge in [0.2, 0.25) is 5.91 Å². The summed E-state index contributed by atoms with van der Waals surface area (Å²) in [5.41, 5.74) is 3.34. The lowest BCUT2D eigenvalue weighted by Crippen LogP contribution is -2.24. The standard InChI is InChI=1S/C24H25FN2O4/c1-16-21(17(2)31-26-16)15-30-22-11-7-18(13-23(22)29-4)8-12-24(28)27(3)14-19-5-9-20(25)10-6-19/h5-13H,14-15H2,1-4H3/b12-8+. The zero-order valence-corrected chi connectivity index (χ0v) is 18.0. The number of rotatable bonds is 8. The van der Waals surface area contributed by atoms with Crippen molar-refractivity contribution in [2.75, 3.05) is 14.2 Å². The van der Waals surface area contributed by atoms with Crippen molar-refractivity contribution in [2.45, 2.75) is 27.0 Å². The summed E-state index contributed by atoms with van der Waals surface area (Å²) in [5.74, 6) is 1.40. The van der Waals surface area contributed by atoms with E-state index in [1.807, 2.05) is 19.9 Å². The molecule has 0 fully saturated rings. The average molecular weight is 424 g/mol. The van der Waals surface area contributed by atoms with Gasteiger partial charge in [-0.05, 0) is 55.3 Å². The molecule has 0 radical (unpaired) electrons. The van der Waals surface area contributed by atoms with Crippen molar-refractivity contribution in [3.05, 3.63) is 82.5 Å². The molecular weight excluding hydrogens is 399 g/mol. The quantitative estimate of drug-likeness (QED) is 0.491. The van der Waals surface area contributed by atoms with Crippen LogP contribution in [0.1, 0.15) is 28.1 Å². The molecule has 1 amide bonds. The summed E-state index contributed by atoms with van der Waals surface area (Å²) in [4.78, 5) is 14.0. The zero-order chi connectivity index (χ0) is 22.4. The number of likely N-dealkylation sites (N-methyl/N-ethyl adjacent to an activating group) is 1. The third-order valence-corrected chi connectivity index (χ3v) is 4.87. The number of carbonyl (C=O) groups excluding carboxylic acids is 1. The Labute approximate surface area is 180 Å². The summed E-state index contributed by atoms with van der Waals surface area (Å²) in [6.45, 7) is 4.42. The van der Waals surface area contributed by atoms with Crippen LogP contribution in [-0.4, -0.2) is 30.1 Å². The van der Waals surface area contributed by atoms with Crippen LogP contribution >= 0.6 is 0 Å². The number of hydrogen-bond acceptors (Lipinski definition) is 5. The van der Waals surface area contributed by atoms with Gasteiger partial charge in [0.15, 0.2) is 11.5 Å². The molecule has 0 aliphatic rings. The molecular formula is C24H25FN2O4. The fourth-order valence-electron chi connectivity index (χ4n) is 3.00. The van der Waals surface area contributed by atoms with Gasteiger partial charge in [0.1, 0.15) is 18.2 Å². The van der Waals surface area contributed by atoms with Crippen molar-refractivity contribution in [2.24, 2.45) is 0 Å². The minimum absolute atomic E-state index is 0.165. The molecule has 0 aliphatic heterocycles. The first-order valence-electron chi connectivity index (χ1n) is 9.77. The monoisotopic (exact) mass is 424 g/mol. The highest BCUT2D eigenvalue weighted by atomic mass is 19.1. The molecule has 0 bridgehead atoms. The normalized spacial score (nSPS) is 11.0. The Balaban J connectivity index is 1.63. The van der Waals surface area contributed by atoms with Gasteiger partial charge in [-0.15, -0.1) is 0 Å². The van der Waals surface area contributed by atoms with Crippen LogP contribution in [0.2, 0.25) is 0 Å². The van der Waals surface area contributed by atoms with Gasteiger partial charge < -0.3 is 18.9 Å². The van der Waals surface area contributed by atoms with Crippen molar-refractivity contribution in [1.82, 2.24) is 10.1 Å². The van der Waals surface area contributed by atoms with Crippen LogP contribution in [0.3, 0.4) is 0 Å². The lowest BCUT2D eigenvalue weighted by Gasteiger charge is -2.15. The number of nitrogens with zero attached hydrogens (tertiary/aromatic N) is 2. The molecule has 0 aliphatic carbocycles. The molecule has 0 atom stereocenters. The van der Waals surface area contributed by atoms with Gasteiger partial charge in [-0.1, -0.05) is 23.4 Å². The summed E-state index contributed by atoms with van der Waals surface area (Å²) in [7, 11) is 3.26. The average Bonchev–Trinajstić information content (AvgIpc) is 3.09. The molecule has 7 heteroatoms. The highest BCUT2D eigenvalue weighted by Crippen LogP contribution is 2.30. The molecule has 0 unspecified atom stereocenters. The molecule has 1 aromatic heterocycles. The zero-order valence-electron chi connectivity index (χ0n) is 18.0. The molecule has 0 N–H and O–H groups in total. The van der Waals surface area contributed by atoms with Crippen LogP contribution in [0.4, 0.5) is 4.39 Å². The Morgan fingerprint density at radius 3 is 2.55 bits per heavy atom. The SMILES string of the molecule is COc1cc(/C=C/C(=O)N(C)Cc2ccc(F)cc2)ccc1OCc1c(C)noc1C. The van der Waals surface area contributed by atoms with E-state index in [0.29, 0.717) is 24.7 Å². The van der Waals surface area contributed by atoms with E-state index in [1.165, 1.54) is 18.2 Å². The third-order valence-electron chi connectivity index (χ3n) is 4.87.